The first kappa shape index (κ1) is 19.1. The van der Waals surface area contributed by atoms with Crippen LogP contribution in [0.3, 0.4) is 0 Å². The second kappa shape index (κ2) is 8.41. The Morgan fingerprint density at radius 1 is 0.793 bits per heavy atom. The standard InChI is InChI=1S/C25H22O3Si/c26-24-16-17-29(21-12-6-2-7-13-21,22-14-8-3-9-15-22)19-23(24)25(27)28-18-20-10-4-1-5-11-20/h1-15,19H,16-18H2. The molecule has 0 atom stereocenters. The summed E-state index contributed by atoms with van der Waals surface area (Å²) in [4.78, 5) is 25.5. The summed E-state index contributed by atoms with van der Waals surface area (Å²) in [5.74, 6) is -0.652. The Hall–Kier alpha value is -3.24. The Balaban J connectivity index is 1.72. The zero-order valence-electron chi connectivity index (χ0n) is 16.1. The molecule has 0 aromatic heterocycles. The number of benzene rings is 3. The van der Waals surface area contributed by atoms with Gasteiger partial charge in [-0.25, -0.2) is 4.79 Å². The van der Waals surface area contributed by atoms with Crippen LogP contribution in [-0.4, -0.2) is 19.8 Å². The Kier molecular flexibility index (Phi) is 5.54. The maximum Gasteiger partial charge on any atom is 0.341 e. The average Bonchev–Trinajstić information content (AvgIpc) is 2.80. The minimum absolute atomic E-state index is 0.127. The molecule has 0 spiro atoms. The third kappa shape index (κ3) is 3.98. The number of carbonyl (C=O) groups is 2. The van der Waals surface area contributed by atoms with Crippen LogP contribution in [0.2, 0.25) is 6.04 Å². The highest BCUT2D eigenvalue weighted by molar-refractivity contribution is 7.06. The monoisotopic (exact) mass is 398 g/mol. The van der Waals surface area contributed by atoms with Gasteiger partial charge in [-0.1, -0.05) is 96.7 Å². The molecule has 144 valence electrons. The normalized spacial score (nSPS) is 15.4. The van der Waals surface area contributed by atoms with E-state index in [1.807, 2.05) is 72.4 Å². The maximum atomic E-state index is 12.8. The Bertz CT molecular complexity index is 988. The van der Waals surface area contributed by atoms with Crippen LogP contribution < -0.4 is 10.4 Å². The number of esters is 1. The van der Waals surface area contributed by atoms with E-state index in [0.29, 0.717) is 6.42 Å². The summed E-state index contributed by atoms with van der Waals surface area (Å²) in [7, 11) is -2.39. The lowest BCUT2D eigenvalue weighted by Gasteiger charge is -2.33. The van der Waals surface area contributed by atoms with Gasteiger partial charge in [-0.05, 0) is 22.0 Å². The molecule has 3 aromatic carbocycles. The van der Waals surface area contributed by atoms with E-state index in [9.17, 15) is 9.59 Å². The van der Waals surface area contributed by atoms with Crippen LogP contribution in [0.5, 0.6) is 0 Å². The molecule has 4 rings (SSSR count). The van der Waals surface area contributed by atoms with Crippen molar-refractivity contribution in [1.29, 1.82) is 0 Å². The highest BCUT2D eigenvalue weighted by Gasteiger charge is 2.41. The molecule has 0 bridgehead atoms. The molecule has 0 saturated carbocycles. The molecular weight excluding hydrogens is 376 g/mol. The van der Waals surface area contributed by atoms with Crippen molar-refractivity contribution < 1.29 is 14.3 Å². The van der Waals surface area contributed by atoms with Gasteiger partial charge in [-0.2, -0.15) is 0 Å². The molecule has 0 amide bonds. The second-order valence-electron chi connectivity index (χ2n) is 7.25. The van der Waals surface area contributed by atoms with Gasteiger partial charge in [-0.3, -0.25) is 4.79 Å². The van der Waals surface area contributed by atoms with E-state index in [0.717, 1.165) is 11.6 Å². The number of hydrogen-bond donors (Lipinski definition) is 0. The summed E-state index contributed by atoms with van der Waals surface area (Å²) in [5, 5.41) is 2.40. The Labute approximate surface area is 171 Å². The zero-order valence-corrected chi connectivity index (χ0v) is 17.1. The molecular formula is C25H22O3Si. The fourth-order valence-corrected chi connectivity index (χ4v) is 8.27. The van der Waals surface area contributed by atoms with E-state index in [4.69, 9.17) is 4.74 Å². The third-order valence-corrected chi connectivity index (χ3v) is 10.00. The van der Waals surface area contributed by atoms with Crippen molar-refractivity contribution in [1.82, 2.24) is 0 Å². The lowest BCUT2D eigenvalue weighted by molar-refractivity contribution is -0.141. The molecule has 4 heteroatoms. The zero-order chi connectivity index (χ0) is 20.1. The molecule has 29 heavy (non-hydrogen) atoms. The van der Waals surface area contributed by atoms with Crippen LogP contribution in [-0.2, 0) is 20.9 Å². The van der Waals surface area contributed by atoms with Crippen molar-refractivity contribution in [3.8, 4) is 0 Å². The predicted molar refractivity (Wildman–Crippen MR) is 117 cm³/mol. The number of hydrogen-bond acceptors (Lipinski definition) is 3. The molecule has 0 saturated heterocycles. The minimum atomic E-state index is -2.39. The van der Waals surface area contributed by atoms with Crippen LogP contribution in [0.25, 0.3) is 0 Å². The molecule has 0 aliphatic carbocycles. The highest BCUT2D eigenvalue weighted by atomic mass is 28.3. The summed E-state index contributed by atoms with van der Waals surface area (Å²) >= 11 is 0. The smallest absolute Gasteiger partial charge is 0.341 e. The van der Waals surface area contributed by atoms with Crippen molar-refractivity contribution in [2.45, 2.75) is 19.1 Å². The molecule has 1 heterocycles. The lowest BCUT2D eigenvalue weighted by atomic mass is 10.1. The fraction of sp³-hybridized carbons (Fsp3) is 0.120. The average molecular weight is 399 g/mol. The van der Waals surface area contributed by atoms with Crippen molar-refractivity contribution >= 4 is 30.2 Å². The number of carbonyl (C=O) groups excluding carboxylic acids is 2. The summed E-state index contributed by atoms with van der Waals surface area (Å²) < 4.78 is 5.50. The first-order valence-electron chi connectivity index (χ1n) is 9.77. The minimum Gasteiger partial charge on any atom is -0.457 e. The quantitative estimate of drug-likeness (QED) is 0.376. The van der Waals surface area contributed by atoms with Crippen LogP contribution in [0.4, 0.5) is 0 Å². The van der Waals surface area contributed by atoms with Gasteiger partial charge in [0.05, 0.1) is 5.57 Å². The van der Waals surface area contributed by atoms with Gasteiger partial charge in [0.2, 0.25) is 0 Å². The Morgan fingerprint density at radius 2 is 1.31 bits per heavy atom. The van der Waals surface area contributed by atoms with Crippen molar-refractivity contribution in [2.24, 2.45) is 0 Å². The first-order valence-corrected chi connectivity index (χ1v) is 12.1. The highest BCUT2D eigenvalue weighted by Crippen LogP contribution is 2.25. The van der Waals surface area contributed by atoms with Gasteiger partial charge in [-0.15, -0.1) is 0 Å². The van der Waals surface area contributed by atoms with E-state index >= 15 is 0 Å². The maximum absolute atomic E-state index is 12.8. The molecule has 1 aliphatic heterocycles. The van der Waals surface area contributed by atoms with Gasteiger partial charge in [0.1, 0.15) is 14.7 Å². The van der Waals surface area contributed by atoms with E-state index in [1.54, 1.807) is 0 Å². The summed E-state index contributed by atoms with van der Waals surface area (Å²) in [6.07, 6.45) is 0.363. The van der Waals surface area contributed by atoms with Crippen LogP contribution in [0.15, 0.2) is 102 Å². The van der Waals surface area contributed by atoms with Crippen LogP contribution in [0.1, 0.15) is 12.0 Å². The third-order valence-electron chi connectivity index (χ3n) is 5.45. The molecule has 3 aromatic rings. The second-order valence-corrected chi connectivity index (χ2v) is 11.1. The number of Topliss-reactive ketones (excluding diaryl/α,β-unsaturated/α-hetero) is 1. The molecule has 1 aliphatic rings. The van der Waals surface area contributed by atoms with Gasteiger partial charge in [0.15, 0.2) is 5.78 Å². The molecule has 0 radical (unpaired) electrons. The van der Waals surface area contributed by atoms with Gasteiger partial charge in [0, 0.05) is 6.42 Å². The van der Waals surface area contributed by atoms with E-state index in [2.05, 4.69) is 24.3 Å². The van der Waals surface area contributed by atoms with Crippen molar-refractivity contribution in [2.75, 3.05) is 0 Å². The summed E-state index contributed by atoms with van der Waals surface area (Å²) in [6.45, 7) is 0.162. The topological polar surface area (TPSA) is 43.4 Å². The fourth-order valence-electron chi connectivity index (χ4n) is 3.91. The molecule has 0 unspecified atom stereocenters. The van der Waals surface area contributed by atoms with Gasteiger partial charge < -0.3 is 4.74 Å². The first-order chi connectivity index (χ1) is 14.2. The predicted octanol–water partition coefficient (Wildman–Crippen LogP) is 3.43. The summed E-state index contributed by atoms with van der Waals surface area (Å²) in [6, 6.07) is 30.8. The largest absolute Gasteiger partial charge is 0.457 e. The van der Waals surface area contributed by atoms with E-state index < -0.39 is 14.0 Å². The van der Waals surface area contributed by atoms with Crippen LogP contribution in [0, 0.1) is 0 Å². The Morgan fingerprint density at radius 3 is 1.86 bits per heavy atom. The summed E-state index contributed by atoms with van der Waals surface area (Å²) in [5.41, 5.74) is 3.06. The van der Waals surface area contributed by atoms with Crippen LogP contribution >= 0.6 is 0 Å². The van der Waals surface area contributed by atoms with Crippen molar-refractivity contribution in [3.63, 3.8) is 0 Å². The number of ether oxygens (including phenoxy) is 1. The molecule has 0 fully saturated rings. The lowest BCUT2D eigenvalue weighted by Crippen LogP contribution is -2.59. The van der Waals surface area contributed by atoms with E-state index in [-0.39, 0.29) is 18.0 Å². The molecule has 0 N–H and O–H groups in total. The van der Waals surface area contributed by atoms with E-state index in [1.165, 1.54) is 10.4 Å². The molecule has 3 nitrogen and oxygen atoms in total. The van der Waals surface area contributed by atoms with Gasteiger partial charge >= 0.3 is 5.97 Å². The SMILES string of the molecule is O=C1CC[Si](c2ccccc2)(c2ccccc2)C=C1C(=O)OCc1ccccc1. The number of rotatable bonds is 5. The van der Waals surface area contributed by atoms with Gasteiger partial charge in [0.25, 0.3) is 0 Å². The number of ketones is 1. The van der Waals surface area contributed by atoms with Crippen molar-refractivity contribution in [3.05, 3.63) is 108 Å².